The fourth-order valence-corrected chi connectivity index (χ4v) is 3.73. The smallest absolute Gasteiger partial charge is 0.236 e. The number of hydrogen-bond donors (Lipinski definition) is 2. The highest BCUT2D eigenvalue weighted by Crippen LogP contribution is 2.23. The molecular weight excluding hydrogens is 340 g/mol. The maximum atomic E-state index is 5.52. The molecule has 3 aromatic rings. The number of aliphatic imine (C=N–C) groups is 1. The van der Waals surface area contributed by atoms with Gasteiger partial charge in [0.15, 0.2) is 5.96 Å². The number of rotatable bonds is 6. The lowest BCUT2D eigenvalue weighted by molar-refractivity contribution is 0.573. The van der Waals surface area contributed by atoms with Gasteiger partial charge in [0.05, 0.1) is 23.7 Å². The lowest BCUT2D eigenvalue weighted by atomic mass is 10.3. The van der Waals surface area contributed by atoms with E-state index < -0.39 is 0 Å². The highest BCUT2D eigenvalue weighted by molar-refractivity contribution is 7.13. The second-order valence-corrected chi connectivity index (χ2v) is 7.32. The number of nitrogens with one attached hydrogen (secondary N) is 2. The summed E-state index contributed by atoms with van der Waals surface area (Å²) in [5, 5.41) is 8.59. The van der Waals surface area contributed by atoms with Crippen LogP contribution in [-0.4, -0.2) is 18.0 Å². The Morgan fingerprint density at radius 2 is 2.04 bits per heavy atom. The fraction of sp³-hybridized carbons (Fsp3) is 0.294. The molecule has 0 atom stereocenters. The lowest BCUT2D eigenvalue weighted by Gasteiger charge is -2.09. The molecule has 0 aliphatic carbocycles. The molecule has 0 amide bonds. The first-order valence-electron chi connectivity index (χ1n) is 7.79. The summed E-state index contributed by atoms with van der Waals surface area (Å²) in [6.07, 6.45) is 2.76. The van der Waals surface area contributed by atoms with Crippen LogP contribution in [0.5, 0.6) is 0 Å². The van der Waals surface area contributed by atoms with Crippen LogP contribution in [0.15, 0.2) is 45.3 Å². The molecule has 3 heterocycles. The molecule has 0 fully saturated rings. The zero-order chi connectivity index (χ0) is 16.8. The predicted octanol–water partition coefficient (Wildman–Crippen LogP) is 3.89. The Morgan fingerprint density at radius 3 is 2.75 bits per heavy atom. The Morgan fingerprint density at radius 1 is 1.21 bits per heavy atom. The normalized spacial score (nSPS) is 11.7. The van der Waals surface area contributed by atoms with Gasteiger partial charge in [-0.1, -0.05) is 13.0 Å². The van der Waals surface area contributed by atoms with E-state index in [0.717, 1.165) is 29.5 Å². The van der Waals surface area contributed by atoms with Gasteiger partial charge in [0.25, 0.3) is 0 Å². The number of oxazole rings is 1. The first-order chi connectivity index (χ1) is 11.8. The van der Waals surface area contributed by atoms with Gasteiger partial charge in [0, 0.05) is 16.8 Å². The van der Waals surface area contributed by atoms with Gasteiger partial charge in [-0.2, -0.15) is 0 Å². The van der Waals surface area contributed by atoms with Crippen molar-refractivity contribution in [1.29, 1.82) is 0 Å². The van der Waals surface area contributed by atoms with Gasteiger partial charge in [-0.25, -0.2) is 4.98 Å². The average molecular weight is 361 g/mol. The number of hydrogen-bond acceptors (Lipinski definition) is 5. The van der Waals surface area contributed by atoms with E-state index in [2.05, 4.69) is 39.7 Å². The summed E-state index contributed by atoms with van der Waals surface area (Å²) in [6, 6.07) is 8.33. The van der Waals surface area contributed by atoms with Crippen molar-refractivity contribution >= 4 is 28.6 Å². The summed E-state index contributed by atoms with van der Waals surface area (Å²) < 4.78 is 5.52. The first-order valence-corrected chi connectivity index (χ1v) is 9.48. The van der Waals surface area contributed by atoms with Crippen molar-refractivity contribution in [1.82, 2.24) is 15.6 Å². The van der Waals surface area contributed by atoms with Crippen molar-refractivity contribution < 1.29 is 4.42 Å². The molecule has 0 saturated carbocycles. The molecule has 5 nitrogen and oxygen atoms in total. The molecule has 24 heavy (non-hydrogen) atoms. The van der Waals surface area contributed by atoms with E-state index in [-0.39, 0.29) is 0 Å². The zero-order valence-electron chi connectivity index (χ0n) is 13.7. The summed E-state index contributed by atoms with van der Waals surface area (Å²) in [5.41, 5.74) is 0.853. The van der Waals surface area contributed by atoms with Crippen LogP contribution < -0.4 is 10.6 Å². The molecule has 0 aliphatic rings. The second-order valence-electron chi connectivity index (χ2n) is 5.12. The lowest BCUT2D eigenvalue weighted by Crippen LogP contribution is -2.36. The van der Waals surface area contributed by atoms with Crippen LogP contribution >= 0.6 is 22.7 Å². The summed E-state index contributed by atoms with van der Waals surface area (Å²) in [7, 11) is 1.76. The predicted molar refractivity (Wildman–Crippen MR) is 101 cm³/mol. The number of aryl methyl sites for hydroxylation is 1. The van der Waals surface area contributed by atoms with Crippen molar-refractivity contribution in [3.05, 3.63) is 51.4 Å². The largest absolute Gasteiger partial charge is 0.443 e. The molecule has 126 valence electrons. The van der Waals surface area contributed by atoms with Crippen molar-refractivity contribution in [2.45, 2.75) is 26.4 Å². The third-order valence-electron chi connectivity index (χ3n) is 3.44. The molecule has 0 bridgehead atoms. The summed E-state index contributed by atoms with van der Waals surface area (Å²) in [5.74, 6) is 1.41. The van der Waals surface area contributed by atoms with E-state index in [4.69, 9.17) is 4.42 Å². The monoisotopic (exact) mass is 360 g/mol. The Balaban J connectivity index is 1.51. The molecule has 0 aromatic carbocycles. The molecule has 0 radical (unpaired) electrons. The van der Waals surface area contributed by atoms with Crippen LogP contribution in [0.1, 0.15) is 22.4 Å². The van der Waals surface area contributed by atoms with Gasteiger partial charge in [-0.15, -0.1) is 22.7 Å². The van der Waals surface area contributed by atoms with Crippen molar-refractivity contribution in [3.8, 4) is 10.8 Å². The van der Waals surface area contributed by atoms with Crippen LogP contribution in [0.3, 0.4) is 0 Å². The molecule has 3 aromatic heterocycles. The second kappa shape index (κ2) is 8.12. The third kappa shape index (κ3) is 4.24. The SMILES string of the molecule is CCc1ccc(CNC(=NC)NCc2coc(-c3cccs3)n2)s1. The minimum Gasteiger partial charge on any atom is -0.443 e. The maximum absolute atomic E-state index is 5.52. The standard InChI is InChI=1S/C17H20N4OS2/c1-3-13-6-7-14(24-13)10-20-17(18-2)19-9-12-11-22-16(21-12)15-5-4-8-23-15/h4-8,11H,3,9-10H2,1-2H3,(H2,18,19,20). The number of aromatic nitrogens is 1. The zero-order valence-corrected chi connectivity index (χ0v) is 15.3. The molecule has 0 unspecified atom stereocenters. The van der Waals surface area contributed by atoms with Crippen LogP contribution in [-0.2, 0) is 19.5 Å². The third-order valence-corrected chi connectivity index (χ3v) is 5.53. The van der Waals surface area contributed by atoms with Crippen LogP contribution in [0.25, 0.3) is 10.8 Å². The minimum absolute atomic E-state index is 0.569. The molecule has 7 heteroatoms. The van der Waals surface area contributed by atoms with E-state index in [1.54, 1.807) is 24.6 Å². The Hall–Kier alpha value is -2.12. The van der Waals surface area contributed by atoms with Gasteiger partial charge >= 0.3 is 0 Å². The summed E-state index contributed by atoms with van der Waals surface area (Å²) in [6.45, 7) is 3.51. The summed E-state index contributed by atoms with van der Waals surface area (Å²) >= 11 is 3.45. The van der Waals surface area contributed by atoms with Gasteiger partial charge in [-0.3, -0.25) is 4.99 Å². The quantitative estimate of drug-likeness (QED) is 0.517. The van der Waals surface area contributed by atoms with E-state index in [1.165, 1.54) is 9.75 Å². The van der Waals surface area contributed by atoms with Gasteiger partial charge < -0.3 is 15.1 Å². The minimum atomic E-state index is 0.569. The highest BCUT2D eigenvalue weighted by Gasteiger charge is 2.08. The Kier molecular flexibility index (Phi) is 5.66. The van der Waals surface area contributed by atoms with Gasteiger partial charge in [0.1, 0.15) is 6.26 Å². The number of nitrogens with zero attached hydrogens (tertiary/aromatic N) is 2. The van der Waals surface area contributed by atoms with E-state index in [9.17, 15) is 0 Å². The van der Waals surface area contributed by atoms with Gasteiger partial charge in [-0.05, 0) is 30.0 Å². The van der Waals surface area contributed by atoms with Crippen LogP contribution in [0, 0.1) is 0 Å². The maximum Gasteiger partial charge on any atom is 0.236 e. The van der Waals surface area contributed by atoms with Crippen LogP contribution in [0.4, 0.5) is 0 Å². The average Bonchev–Trinajstić information content (AvgIpc) is 3.35. The topological polar surface area (TPSA) is 62.5 Å². The Labute approximate surface area is 149 Å². The molecule has 2 N–H and O–H groups in total. The van der Waals surface area contributed by atoms with Crippen molar-refractivity contribution in [3.63, 3.8) is 0 Å². The van der Waals surface area contributed by atoms with E-state index >= 15 is 0 Å². The Bertz CT molecular complexity index is 789. The summed E-state index contributed by atoms with van der Waals surface area (Å²) in [4.78, 5) is 12.5. The number of guanidine groups is 1. The molecule has 0 spiro atoms. The first kappa shape index (κ1) is 16.7. The van der Waals surface area contributed by atoms with Gasteiger partial charge in [0.2, 0.25) is 5.89 Å². The van der Waals surface area contributed by atoms with Crippen LogP contribution in [0.2, 0.25) is 0 Å². The highest BCUT2D eigenvalue weighted by atomic mass is 32.1. The van der Waals surface area contributed by atoms with Crippen molar-refractivity contribution in [2.75, 3.05) is 7.05 Å². The molecule has 0 saturated heterocycles. The fourth-order valence-electron chi connectivity index (χ4n) is 2.17. The number of thiophene rings is 2. The van der Waals surface area contributed by atoms with Crippen molar-refractivity contribution in [2.24, 2.45) is 4.99 Å². The van der Waals surface area contributed by atoms with E-state index in [0.29, 0.717) is 12.4 Å². The molecule has 0 aliphatic heterocycles. The van der Waals surface area contributed by atoms with E-state index in [1.807, 2.05) is 28.8 Å². The molecular formula is C17H20N4OS2. The molecule has 3 rings (SSSR count).